The van der Waals surface area contributed by atoms with E-state index in [0.717, 1.165) is 25.1 Å². The Morgan fingerprint density at radius 2 is 2.06 bits per heavy atom. The summed E-state index contributed by atoms with van der Waals surface area (Å²) in [6.45, 7) is 4.49. The van der Waals surface area contributed by atoms with Gasteiger partial charge in [0, 0.05) is 13.1 Å². The van der Waals surface area contributed by atoms with E-state index in [1.165, 1.54) is 0 Å². The molecule has 2 N–H and O–H groups in total. The number of hydrogen-bond acceptors (Lipinski definition) is 2. The largest absolute Gasteiger partial charge is 0.392 e. The van der Waals surface area contributed by atoms with Crippen LogP contribution in [0, 0.1) is 0 Å². The van der Waals surface area contributed by atoms with Crippen LogP contribution in [0.4, 0.5) is 0 Å². The molecule has 0 aliphatic carbocycles. The highest BCUT2D eigenvalue weighted by Gasteiger charge is 2.07. The average Bonchev–Trinajstić information content (AvgIpc) is 2.23. The molecule has 94 valence electrons. The molecule has 0 aromatic heterocycles. The van der Waals surface area contributed by atoms with Crippen LogP contribution in [0.25, 0.3) is 0 Å². The Kier molecular flexibility index (Phi) is 6.20. The molecule has 0 saturated heterocycles. The van der Waals surface area contributed by atoms with Crippen LogP contribution in [0.3, 0.4) is 0 Å². The van der Waals surface area contributed by atoms with Crippen LogP contribution in [0.1, 0.15) is 18.9 Å². The first kappa shape index (κ1) is 14.7. The summed E-state index contributed by atoms with van der Waals surface area (Å²) in [6.07, 6.45) is 1.06. The van der Waals surface area contributed by atoms with Crippen LogP contribution < -0.4 is 5.73 Å². The van der Waals surface area contributed by atoms with E-state index in [2.05, 4.69) is 11.8 Å². The number of hydrogen-bond donors (Lipinski definition) is 1. The van der Waals surface area contributed by atoms with Crippen LogP contribution in [0.2, 0.25) is 10.0 Å². The van der Waals surface area contributed by atoms with Crippen LogP contribution >= 0.6 is 35.4 Å². The molecule has 0 aliphatic heterocycles. The van der Waals surface area contributed by atoms with Crippen molar-refractivity contribution in [3.05, 3.63) is 33.8 Å². The minimum Gasteiger partial charge on any atom is -0.392 e. The molecule has 0 saturated carbocycles. The Bertz CT molecular complexity index is 396. The highest BCUT2D eigenvalue weighted by atomic mass is 35.5. The van der Waals surface area contributed by atoms with Gasteiger partial charge in [0.05, 0.1) is 15.0 Å². The Morgan fingerprint density at radius 1 is 1.35 bits per heavy atom. The summed E-state index contributed by atoms with van der Waals surface area (Å²) >= 11 is 16.8. The molecule has 0 aliphatic rings. The number of nitrogens with zero attached hydrogens (tertiary/aromatic N) is 1. The lowest BCUT2D eigenvalue weighted by molar-refractivity contribution is 0.304. The van der Waals surface area contributed by atoms with E-state index >= 15 is 0 Å². The summed E-state index contributed by atoms with van der Waals surface area (Å²) in [4.78, 5) is 2.71. The lowest BCUT2D eigenvalue weighted by atomic mass is 10.2. The summed E-state index contributed by atoms with van der Waals surface area (Å²) in [5.74, 6) is 0. The van der Waals surface area contributed by atoms with E-state index in [1.807, 2.05) is 18.2 Å². The van der Waals surface area contributed by atoms with E-state index in [0.29, 0.717) is 21.6 Å². The number of rotatable bonds is 6. The van der Waals surface area contributed by atoms with Crippen molar-refractivity contribution in [2.45, 2.75) is 19.9 Å². The Labute approximate surface area is 118 Å². The molecule has 2 nitrogen and oxygen atoms in total. The SMILES string of the molecule is CCCN(CC(N)=S)Cc1ccc(Cl)c(Cl)c1. The molecule has 17 heavy (non-hydrogen) atoms. The third-order valence-corrected chi connectivity index (χ3v) is 3.18. The van der Waals surface area contributed by atoms with Crippen LogP contribution in [0.15, 0.2) is 18.2 Å². The van der Waals surface area contributed by atoms with E-state index < -0.39 is 0 Å². The maximum Gasteiger partial charge on any atom is 0.0870 e. The topological polar surface area (TPSA) is 29.3 Å². The second kappa shape index (κ2) is 7.17. The molecule has 1 aromatic carbocycles. The summed E-state index contributed by atoms with van der Waals surface area (Å²) in [7, 11) is 0. The van der Waals surface area contributed by atoms with Gasteiger partial charge in [0.2, 0.25) is 0 Å². The smallest absolute Gasteiger partial charge is 0.0870 e. The maximum absolute atomic E-state index is 5.98. The highest BCUT2D eigenvalue weighted by molar-refractivity contribution is 7.80. The normalized spacial score (nSPS) is 10.8. The van der Waals surface area contributed by atoms with Gasteiger partial charge in [0.25, 0.3) is 0 Å². The number of benzene rings is 1. The molecule has 1 rings (SSSR count). The summed E-state index contributed by atoms with van der Waals surface area (Å²) in [6, 6.07) is 5.66. The number of halogens is 2. The third kappa shape index (κ3) is 5.21. The van der Waals surface area contributed by atoms with Gasteiger partial charge in [-0.2, -0.15) is 0 Å². The second-order valence-electron chi connectivity index (χ2n) is 3.93. The molecule has 0 atom stereocenters. The van der Waals surface area contributed by atoms with E-state index in [4.69, 9.17) is 41.2 Å². The zero-order chi connectivity index (χ0) is 12.8. The van der Waals surface area contributed by atoms with Gasteiger partial charge in [-0.1, -0.05) is 48.4 Å². The van der Waals surface area contributed by atoms with Crippen molar-refractivity contribution < 1.29 is 0 Å². The van der Waals surface area contributed by atoms with Crippen LogP contribution in [-0.4, -0.2) is 23.0 Å². The zero-order valence-corrected chi connectivity index (χ0v) is 12.1. The van der Waals surface area contributed by atoms with Gasteiger partial charge in [-0.05, 0) is 30.7 Å². The number of thiocarbonyl (C=S) groups is 1. The minimum absolute atomic E-state index is 0.513. The predicted molar refractivity (Wildman–Crippen MR) is 78.8 cm³/mol. The van der Waals surface area contributed by atoms with Crippen molar-refractivity contribution in [1.82, 2.24) is 4.90 Å². The Morgan fingerprint density at radius 3 is 2.59 bits per heavy atom. The van der Waals surface area contributed by atoms with Crippen molar-refractivity contribution >= 4 is 40.4 Å². The number of nitrogens with two attached hydrogens (primary N) is 1. The molecule has 0 spiro atoms. The minimum atomic E-state index is 0.513. The van der Waals surface area contributed by atoms with E-state index in [9.17, 15) is 0 Å². The van der Waals surface area contributed by atoms with Gasteiger partial charge in [0.1, 0.15) is 0 Å². The summed E-state index contributed by atoms with van der Waals surface area (Å²) in [5, 5.41) is 1.16. The molecule has 0 unspecified atom stereocenters. The first-order chi connectivity index (χ1) is 8.02. The van der Waals surface area contributed by atoms with Gasteiger partial charge in [-0.15, -0.1) is 0 Å². The van der Waals surface area contributed by atoms with Gasteiger partial charge >= 0.3 is 0 Å². The molecule has 0 fully saturated rings. The molecule has 0 amide bonds. The third-order valence-electron chi connectivity index (χ3n) is 2.31. The molecule has 5 heteroatoms. The van der Waals surface area contributed by atoms with E-state index in [-0.39, 0.29) is 0 Å². The summed E-state index contributed by atoms with van der Waals surface area (Å²) < 4.78 is 0. The van der Waals surface area contributed by atoms with Crippen molar-refractivity contribution in [2.24, 2.45) is 5.73 Å². The van der Waals surface area contributed by atoms with Crippen molar-refractivity contribution in [3.63, 3.8) is 0 Å². The standard InChI is InChI=1S/C12H16Cl2N2S/c1-2-5-16(8-12(15)17)7-9-3-4-10(13)11(14)6-9/h3-4,6H,2,5,7-8H2,1H3,(H2,15,17). The van der Waals surface area contributed by atoms with Crippen molar-refractivity contribution in [2.75, 3.05) is 13.1 Å². The fraction of sp³-hybridized carbons (Fsp3) is 0.417. The Balaban J connectivity index is 2.71. The molecule has 0 heterocycles. The second-order valence-corrected chi connectivity index (χ2v) is 5.26. The van der Waals surface area contributed by atoms with Gasteiger partial charge in [-0.3, -0.25) is 4.90 Å². The fourth-order valence-corrected chi connectivity index (χ4v) is 2.15. The average molecular weight is 291 g/mol. The molecular weight excluding hydrogens is 275 g/mol. The molecule has 1 aromatic rings. The fourth-order valence-electron chi connectivity index (χ4n) is 1.65. The first-order valence-electron chi connectivity index (χ1n) is 5.47. The van der Waals surface area contributed by atoms with Crippen LogP contribution in [-0.2, 0) is 6.54 Å². The zero-order valence-electron chi connectivity index (χ0n) is 9.75. The van der Waals surface area contributed by atoms with E-state index in [1.54, 1.807) is 0 Å². The summed E-state index contributed by atoms with van der Waals surface area (Å²) in [5.41, 5.74) is 6.69. The Hall–Kier alpha value is -0.350. The van der Waals surface area contributed by atoms with Crippen LogP contribution in [0.5, 0.6) is 0 Å². The van der Waals surface area contributed by atoms with Gasteiger partial charge in [-0.25, -0.2) is 0 Å². The van der Waals surface area contributed by atoms with Gasteiger partial charge < -0.3 is 5.73 Å². The van der Waals surface area contributed by atoms with Crippen molar-refractivity contribution in [3.8, 4) is 0 Å². The predicted octanol–water partition coefficient (Wildman–Crippen LogP) is 3.49. The lowest BCUT2D eigenvalue weighted by Gasteiger charge is -2.21. The van der Waals surface area contributed by atoms with Gasteiger partial charge in [0.15, 0.2) is 0 Å². The molecule has 0 bridgehead atoms. The maximum atomic E-state index is 5.98. The lowest BCUT2D eigenvalue weighted by Crippen LogP contribution is -2.32. The van der Waals surface area contributed by atoms with Crippen molar-refractivity contribution in [1.29, 1.82) is 0 Å². The quantitative estimate of drug-likeness (QED) is 0.813. The highest BCUT2D eigenvalue weighted by Crippen LogP contribution is 2.23. The molecule has 0 radical (unpaired) electrons. The first-order valence-corrected chi connectivity index (χ1v) is 6.64. The monoisotopic (exact) mass is 290 g/mol. The molecular formula is C12H16Cl2N2S.